The van der Waals surface area contributed by atoms with Crippen molar-refractivity contribution in [2.75, 3.05) is 0 Å². The Balaban J connectivity index is -0.0000000640. The van der Waals surface area contributed by atoms with Crippen LogP contribution in [0, 0.1) is 0 Å². The quantitative estimate of drug-likeness (QED) is 0.161. The van der Waals surface area contributed by atoms with Crippen molar-refractivity contribution in [1.29, 1.82) is 0 Å². The van der Waals surface area contributed by atoms with Crippen molar-refractivity contribution in [1.82, 2.24) is 0 Å². The SMILES string of the molecule is O=P([O-])([O-])OP(=O)([O-])OP(=O)([O-])[O-].O=P([O-])([O-])OP(=O)([O-])OP(=O)([O-])[O-].[Ba+2].[Ba+2].[Ba+2].[Ba+2].[Ba+2]. The Labute approximate surface area is 374 Å². The van der Waals surface area contributed by atoms with Gasteiger partial charge in [-0.15, -0.1) is 0 Å². The molecule has 0 aliphatic carbocycles. The van der Waals surface area contributed by atoms with E-state index in [0.29, 0.717) is 0 Å². The number of hydrogen-bond donors (Lipinski definition) is 0. The minimum Gasteiger partial charge on any atom is -0.790 e. The van der Waals surface area contributed by atoms with Gasteiger partial charge >= 0.3 is 244 Å². The van der Waals surface area contributed by atoms with E-state index in [-0.39, 0.29) is 244 Å². The van der Waals surface area contributed by atoms with Gasteiger partial charge in [0.2, 0.25) is 0 Å². The molecule has 0 aliphatic heterocycles. The van der Waals surface area contributed by atoms with Crippen LogP contribution in [0.15, 0.2) is 0 Å². The van der Waals surface area contributed by atoms with Gasteiger partial charge < -0.3 is 67.2 Å². The largest absolute Gasteiger partial charge is 2.00 e. The predicted molar refractivity (Wildman–Crippen MR) is 78.7 cm³/mol. The third kappa shape index (κ3) is 48.7. The Bertz CT molecular complexity index is 628. The zero-order valence-electron chi connectivity index (χ0n) is 14.4. The molecule has 0 aromatic carbocycles. The molecule has 0 aromatic rings. The molecule has 0 atom stereocenters. The molecular formula is Ba5O20P6. The second kappa shape index (κ2) is 23.2. The molecule has 0 radical (unpaired) electrons. The number of rotatable bonds is 8. The van der Waals surface area contributed by atoms with Crippen LogP contribution < -0.4 is 48.9 Å². The fraction of sp³-hybridized carbons (Fsp3) is 0. The zero-order valence-corrected chi connectivity index (χ0v) is 42.0. The first kappa shape index (κ1) is 55.6. The smallest absolute Gasteiger partial charge is 0.790 e. The van der Waals surface area contributed by atoms with Crippen LogP contribution in [0.3, 0.4) is 0 Å². The maximum Gasteiger partial charge on any atom is 2.00 e. The molecule has 0 saturated heterocycles. The van der Waals surface area contributed by atoms with Gasteiger partial charge in [-0.05, 0) is 0 Å². The number of phosphoric acid groups is 6. The monoisotopic (exact) mass is 1200 g/mol. The molecule has 0 bridgehead atoms. The third-order valence-electron chi connectivity index (χ3n) is 0.800. The standard InChI is InChI=1S/5Ba.2H5O10P3/c;;;;;2*1-11(2,3)9-13(7,8)10-12(4,5)6/h;;;;;2*(H,7,8)(H2,1,2,3)(H2,4,5,6)/q5*+2;;/p-10. The summed E-state index contributed by atoms with van der Waals surface area (Å²) >= 11 is 0. The molecule has 160 valence electrons. The van der Waals surface area contributed by atoms with Gasteiger partial charge in [0, 0.05) is 0 Å². The molecular weight excluding hydrogens is 1190 g/mol. The first-order valence-corrected chi connectivity index (χ1v) is 13.1. The summed E-state index contributed by atoms with van der Waals surface area (Å²) < 4.78 is 69.4. The summed E-state index contributed by atoms with van der Waals surface area (Å²) in [5.74, 6) is 0. The molecule has 0 N–H and O–H groups in total. The summed E-state index contributed by atoms with van der Waals surface area (Å²) in [7, 11) is -35.8. The minimum absolute atomic E-state index is 0. The normalized spacial score (nSPS) is 12.2. The van der Waals surface area contributed by atoms with Crippen LogP contribution in [0.5, 0.6) is 0 Å². The van der Waals surface area contributed by atoms with E-state index < -0.39 is 46.9 Å². The summed E-state index contributed by atoms with van der Waals surface area (Å²) in [5, 5.41) is 0. The van der Waals surface area contributed by atoms with Gasteiger partial charge in [-0.1, -0.05) is 0 Å². The van der Waals surface area contributed by atoms with E-state index in [1.54, 1.807) is 0 Å². The van der Waals surface area contributed by atoms with Gasteiger partial charge in [-0.3, -0.25) is 26.4 Å². The van der Waals surface area contributed by atoms with Crippen LogP contribution in [0.1, 0.15) is 0 Å². The van der Waals surface area contributed by atoms with E-state index >= 15 is 0 Å². The third-order valence-corrected chi connectivity index (χ3v) is 7.20. The second-order valence-corrected chi connectivity index (χ2v) is 11.0. The Morgan fingerprint density at radius 3 is 0.484 bits per heavy atom. The second-order valence-electron chi connectivity index (χ2n) is 3.01. The van der Waals surface area contributed by atoms with E-state index in [9.17, 15) is 76.3 Å². The van der Waals surface area contributed by atoms with Gasteiger partial charge in [0.15, 0.2) is 0 Å². The number of hydrogen-bond acceptors (Lipinski definition) is 20. The molecule has 0 fully saturated rings. The zero-order chi connectivity index (χ0) is 21.8. The molecule has 20 nitrogen and oxygen atoms in total. The average Bonchev–Trinajstić information content (AvgIpc) is 1.97. The minimum atomic E-state index is -5.97. The Morgan fingerprint density at radius 2 is 0.419 bits per heavy atom. The summed E-state index contributed by atoms with van der Waals surface area (Å²) in [4.78, 5) is 97.3. The van der Waals surface area contributed by atoms with Crippen molar-refractivity contribution in [2.45, 2.75) is 0 Å². The van der Waals surface area contributed by atoms with Gasteiger partial charge in [0.25, 0.3) is 15.6 Å². The van der Waals surface area contributed by atoms with E-state index in [1.165, 1.54) is 0 Å². The average molecular weight is 1190 g/mol. The Morgan fingerprint density at radius 1 is 0.323 bits per heavy atom. The Kier molecular flexibility index (Phi) is 41.5. The van der Waals surface area contributed by atoms with Crippen molar-refractivity contribution in [2.24, 2.45) is 0 Å². The predicted octanol–water partition coefficient (Wildman–Crippen LogP) is -9.61. The van der Waals surface area contributed by atoms with E-state index in [1.807, 2.05) is 0 Å². The molecule has 31 heavy (non-hydrogen) atoms. The molecule has 0 spiro atoms. The van der Waals surface area contributed by atoms with Gasteiger partial charge in [0.05, 0.1) is 31.3 Å². The molecule has 0 saturated carbocycles. The molecule has 0 amide bonds. The van der Waals surface area contributed by atoms with E-state index in [2.05, 4.69) is 17.2 Å². The van der Waals surface area contributed by atoms with E-state index in [0.717, 1.165) is 0 Å². The van der Waals surface area contributed by atoms with Crippen LogP contribution in [-0.2, 0) is 44.6 Å². The molecule has 0 aliphatic rings. The molecule has 31 heteroatoms. The van der Waals surface area contributed by atoms with E-state index in [4.69, 9.17) is 0 Å². The maximum atomic E-state index is 10.1. The summed E-state index contributed by atoms with van der Waals surface area (Å²) in [5.41, 5.74) is 0. The van der Waals surface area contributed by atoms with Crippen molar-refractivity contribution in [3.63, 3.8) is 0 Å². The molecule has 0 heterocycles. The van der Waals surface area contributed by atoms with Gasteiger partial charge in [0.1, 0.15) is 0 Å². The van der Waals surface area contributed by atoms with Gasteiger partial charge in [-0.25, -0.2) is 0 Å². The molecule has 0 rings (SSSR count). The van der Waals surface area contributed by atoms with Crippen LogP contribution in [0.4, 0.5) is 0 Å². The maximum absolute atomic E-state index is 10.1. The molecule has 0 unspecified atom stereocenters. The summed E-state index contributed by atoms with van der Waals surface area (Å²) in [6.07, 6.45) is 0. The fourth-order valence-corrected chi connectivity index (χ4v) is 5.21. The van der Waals surface area contributed by atoms with Crippen LogP contribution in [0.2, 0.25) is 0 Å². The summed E-state index contributed by atoms with van der Waals surface area (Å²) in [6, 6.07) is 0. The van der Waals surface area contributed by atoms with Crippen LogP contribution in [0.25, 0.3) is 0 Å². The van der Waals surface area contributed by atoms with Crippen molar-refractivity contribution in [3.8, 4) is 0 Å². The van der Waals surface area contributed by atoms with Crippen molar-refractivity contribution in [3.05, 3.63) is 0 Å². The first-order chi connectivity index (χ1) is 10.8. The van der Waals surface area contributed by atoms with Crippen LogP contribution in [-0.4, -0.2) is 244 Å². The topological polar surface area (TPSA) is 370 Å². The fourth-order valence-electron chi connectivity index (χ4n) is 0.520. The first-order valence-electron chi connectivity index (χ1n) is 4.38. The molecule has 0 aromatic heterocycles. The Hall–Kier alpha value is 8.68. The van der Waals surface area contributed by atoms with Crippen LogP contribution >= 0.6 is 46.9 Å². The van der Waals surface area contributed by atoms with Gasteiger partial charge in [-0.2, -0.15) is 0 Å². The van der Waals surface area contributed by atoms with Crippen molar-refractivity contribution < 1.29 is 93.6 Å². The van der Waals surface area contributed by atoms with Crippen molar-refractivity contribution >= 4 is 291 Å². The summed E-state index contributed by atoms with van der Waals surface area (Å²) in [6.45, 7) is 0.